The molecule has 0 aliphatic heterocycles. The van der Waals surface area contributed by atoms with Crippen LogP contribution in [0.1, 0.15) is 30.9 Å². The fourth-order valence-electron chi connectivity index (χ4n) is 2.73. The zero-order valence-corrected chi connectivity index (χ0v) is 15.8. The molecule has 2 aromatic carbocycles. The molecule has 0 fully saturated rings. The molecule has 1 aromatic heterocycles. The highest BCUT2D eigenvalue weighted by molar-refractivity contribution is 5.90. The van der Waals surface area contributed by atoms with Crippen molar-refractivity contribution in [3.05, 3.63) is 82.4 Å². The topological polar surface area (TPSA) is 64.0 Å². The average Bonchev–Trinajstić information content (AvgIpc) is 2.64. The van der Waals surface area contributed by atoms with Gasteiger partial charge in [-0.25, -0.2) is 4.98 Å². The fourth-order valence-corrected chi connectivity index (χ4v) is 2.73. The minimum atomic E-state index is -0.265. The normalized spacial score (nSPS) is 10.8. The van der Waals surface area contributed by atoms with Crippen LogP contribution in [0.5, 0.6) is 0 Å². The van der Waals surface area contributed by atoms with Gasteiger partial charge < -0.3 is 5.32 Å². The van der Waals surface area contributed by atoms with Gasteiger partial charge >= 0.3 is 0 Å². The molecule has 3 aromatic rings. The minimum Gasteiger partial charge on any atom is -0.325 e. The van der Waals surface area contributed by atoms with Gasteiger partial charge in [0.25, 0.3) is 5.56 Å². The van der Waals surface area contributed by atoms with Crippen molar-refractivity contribution in [3.63, 3.8) is 0 Å². The smallest absolute Gasteiger partial charge is 0.254 e. The Morgan fingerprint density at radius 2 is 1.74 bits per heavy atom. The van der Waals surface area contributed by atoms with E-state index in [1.54, 1.807) is 0 Å². The van der Waals surface area contributed by atoms with Crippen LogP contribution >= 0.6 is 0 Å². The van der Waals surface area contributed by atoms with Gasteiger partial charge in [-0.3, -0.25) is 14.2 Å². The molecule has 3 rings (SSSR count). The Morgan fingerprint density at radius 1 is 1.07 bits per heavy atom. The Bertz CT molecular complexity index is 987. The predicted molar refractivity (Wildman–Crippen MR) is 108 cm³/mol. The number of hydrogen-bond acceptors (Lipinski definition) is 3. The van der Waals surface area contributed by atoms with E-state index in [-0.39, 0.29) is 18.0 Å². The molecule has 0 saturated heterocycles. The van der Waals surface area contributed by atoms with Gasteiger partial charge in [-0.15, -0.1) is 0 Å². The van der Waals surface area contributed by atoms with E-state index < -0.39 is 0 Å². The Kier molecular flexibility index (Phi) is 5.50. The first-order valence-electron chi connectivity index (χ1n) is 8.96. The molecule has 1 heterocycles. The van der Waals surface area contributed by atoms with Gasteiger partial charge in [-0.2, -0.15) is 0 Å². The van der Waals surface area contributed by atoms with Gasteiger partial charge in [0.15, 0.2) is 0 Å². The SMILES string of the molecule is Cc1ccc(-c2cc(=O)n(CC(=O)Nc3ccc(C(C)C)cc3)cn2)cc1. The summed E-state index contributed by atoms with van der Waals surface area (Å²) in [5, 5.41) is 2.81. The highest BCUT2D eigenvalue weighted by Gasteiger charge is 2.08. The van der Waals surface area contributed by atoms with E-state index in [9.17, 15) is 9.59 Å². The average molecular weight is 361 g/mol. The van der Waals surface area contributed by atoms with E-state index in [2.05, 4.69) is 24.1 Å². The van der Waals surface area contributed by atoms with Crippen molar-refractivity contribution in [1.82, 2.24) is 9.55 Å². The van der Waals surface area contributed by atoms with Crippen LogP contribution in [-0.2, 0) is 11.3 Å². The molecule has 0 spiro atoms. The van der Waals surface area contributed by atoms with Crippen LogP contribution in [0.2, 0.25) is 0 Å². The highest BCUT2D eigenvalue weighted by atomic mass is 16.2. The second kappa shape index (κ2) is 7.99. The van der Waals surface area contributed by atoms with Crippen LogP contribution in [0.25, 0.3) is 11.3 Å². The van der Waals surface area contributed by atoms with Crippen LogP contribution in [0.15, 0.2) is 65.7 Å². The van der Waals surface area contributed by atoms with E-state index in [4.69, 9.17) is 0 Å². The van der Waals surface area contributed by atoms with Crippen LogP contribution in [0, 0.1) is 6.92 Å². The summed E-state index contributed by atoms with van der Waals surface area (Å²) in [6.45, 7) is 6.16. The number of carbonyl (C=O) groups is 1. The summed E-state index contributed by atoms with van der Waals surface area (Å²) in [7, 11) is 0. The van der Waals surface area contributed by atoms with Crippen LogP contribution in [0.3, 0.4) is 0 Å². The Labute approximate surface area is 158 Å². The van der Waals surface area contributed by atoms with Gasteiger partial charge in [0.1, 0.15) is 6.54 Å². The maximum atomic E-state index is 12.3. The Hall–Kier alpha value is -3.21. The number of aromatic nitrogens is 2. The number of nitrogens with one attached hydrogen (secondary N) is 1. The zero-order chi connectivity index (χ0) is 19.4. The number of carbonyl (C=O) groups excluding carboxylic acids is 1. The van der Waals surface area contributed by atoms with Gasteiger partial charge in [0.2, 0.25) is 5.91 Å². The van der Waals surface area contributed by atoms with E-state index in [1.807, 2.05) is 55.5 Å². The summed E-state index contributed by atoms with van der Waals surface area (Å²) >= 11 is 0. The molecule has 0 bridgehead atoms. The maximum Gasteiger partial charge on any atom is 0.254 e. The van der Waals surface area contributed by atoms with E-state index in [1.165, 1.54) is 22.5 Å². The summed E-state index contributed by atoms with van der Waals surface area (Å²) in [6, 6.07) is 17.0. The molecular weight excluding hydrogens is 338 g/mol. The van der Waals surface area contributed by atoms with Crippen molar-refractivity contribution in [2.24, 2.45) is 0 Å². The molecule has 0 aliphatic carbocycles. The van der Waals surface area contributed by atoms with Gasteiger partial charge in [0.05, 0.1) is 12.0 Å². The molecule has 1 amide bonds. The van der Waals surface area contributed by atoms with Gasteiger partial charge in [-0.1, -0.05) is 55.8 Å². The third kappa shape index (κ3) is 4.70. The van der Waals surface area contributed by atoms with E-state index in [0.29, 0.717) is 17.3 Å². The second-order valence-corrected chi connectivity index (χ2v) is 6.93. The molecule has 5 nitrogen and oxygen atoms in total. The molecule has 0 radical (unpaired) electrons. The lowest BCUT2D eigenvalue weighted by Crippen LogP contribution is -2.27. The third-order valence-corrected chi connectivity index (χ3v) is 4.40. The quantitative estimate of drug-likeness (QED) is 0.747. The van der Waals surface area contributed by atoms with Gasteiger partial charge in [-0.05, 0) is 30.5 Å². The first-order chi connectivity index (χ1) is 12.9. The van der Waals surface area contributed by atoms with Crippen molar-refractivity contribution >= 4 is 11.6 Å². The number of aryl methyl sites for hydroxylation is 1. The van der Waals surface area contributed by atoms with Gasteiger partial charge in [0, 0.05) is 17.3 Å². The van der Waals surface area contributed by atoms with Crippen molar-refractivity contribution in [2.45, 2.75) is 33.2 Å². The minimum absolute atomic E-state index is 0.0774. The highest BCUT2D eigenvalue weighted by Crippen LogP contribution is 2.17. The standard InChI is InChI=1S/C22H23N3O2/c1-15(2)17-8-10-19(11-9-17)24-21(26)13-25-14-23-20(12-22(25)27)18-6-4-16(3)5-7-18/h4-12,14-15H,13H2,1-3H3,(H,24,26). The zero-order valence-electron chi connectivity index (χ0n) is 15.8. The second-order valence-electron chi connectivity index (χ2n) is 6.93. The summed E-state index contributed by atoms with van der Waals surface area (Å²) in [4.78, 5) is 28.9. The molecule has 1 N–H and O–H groups in total. The summed E-state index contributed by atoms with van der Waals surface area (Å²) in [6.07, 6.45) is 1.42. The molecular formula is C22H23N3O2. The summed E-state index contributed by atoms with van der Waals surface area (Å²) in [5.41, 5.74) is 4.28. The van der Waals surface area contributed by atoms with Crippen molar-refractivity contribution in [1.29, 1.82) is 0 Å². The van der Waals surface area contributed by atoms with Crippen LogP contribution in [-0.4, -0.2) is 15.5 Å². The van der Waals surface area contributed by atoms with Crippen molar-refractivity contribution in [3.8, 4) is 11.3 Å². The number of anilines is 1. The molecule has 138 valence electrons. The predicted octanol–water partition coefficient (Wildman–Crippen LogP) is 3.98. The number of nitrogens with zero attached hydrogens (tertiary/aromatic N) is 2. The van der Waals surface area contributed by atoms with E-state index in [0.717, 1.165) is 11.1 Å². The molecule has 0 saturated carbocycles. The largest absolute Gasteiger partial charge is 0.325 e. The third-order valence-electron chi connectivity index (χ3n) is 4.40. The lowest BCUT2D eigenvalue weighted by Gasteiger charge is -2.10. The fraction of sp³-hybridized carbons (Fsp3) is 0.227. The Balaban J connectivity index is 1.69. The van der Waals surface area contributed by atoms with Crippen LogP contribution in [0.4, 0.5) is 5.69 Å². The molecule has 0 aliphatic rings. The number of hydrogen-bond donors (Lipinski definition) is 1. The number of rotatable bonds is 5. The number of benzene rings is 2. The number of amides is 1. The van der Waals surface area contributed by atoms with Crippen molar-refractivity contribution in [2.75, 3.05) is 5.32 Å². The monoisotopic (exact) mass is 361 g/mol. The van der Waals surface area contributed by atoms with Crippen LogP contribution < -0.4 is 10.9 Å². The first kappa shape index (κ1) is 18.6. The molecule has 27 heavy (non-hydrogen) atoms. The lowest BCUT2D eigenvalue weighted by atomic mass is 10.0. The molecule has 0 unspecified atom stereocenters. The van der Waals surface area contributed by atoms with Crippen molar-refractivity contribution < 1.29 is 4.79 Å². The summed E-state index contributed by atoms with van der Waals surface area (Å²) < 4.78 is 1.30. The maximum absolute atomic E-state index is 12.3. The molecule has 5 heteroatoms. The lowest BCUT2D eigenvalue weighted by molar-refractivity contribution is -0.116. The first-order valence-corrected chi connectivity index (χ1v) is 8.96. The summed E-state index contributed by atoms with van der Waals surface area (Å²) in [5.74, 6) is 0.172. The Morgan fingerprint density at radius 3 is 2.33 bits per heavy atom. The molecule has 0 atom stereocenters. The van der Waals surface area contributed by atoms with E-state index >= 15 is 0 Å².